The third-order valence-electron chi connectivity index (χ3n) is 2.91. The summed E-state index contributed by atoms with van der Waals surface area (Å²) >= 11 is 0. The molecule has 1 aromatic carbocycles. The molecule has 0 spiro atoms. The number of aliphatic hydroxyl groups excluding tert-OH is 1. The largest absolute Gasteiger partial charge is 0.393 e. The van der Waals surface area contributed by atoms with Crippen molar-refractivity contribution in [2.75, 3.05) is 0 Å². The maximum atomic E-state index is 12.9. The van der Waals surface area contributed by atoms with Crippen LogP contribution >= 0.6 is 0 Å². The first-order chi connectivity index (χ1) is 7.63. The zero-order valence-electron chi connectivity index (χ0n) is 10.2. The van der Waals surface area contributed by atoms with Crippen molar-refractivity contribution in [3.63, 3.8) is 0 Å². The van der Waals surface area contributed by atoms with E-state index in [0.29, 0.717) is 0 Å². The van der Waals surface area contributed by atoms with Gasteiger partial charge in [0.15, 0.2) is 0 Å². The molecule has 0 aliphatic carbocycles. The number of rotatable bonds is 6. The zero-order chi connectivity index (χ0) is 12.0. The van der Waals surface area contributed by atoms with Crippen molar-refractivity contribution >= 4 is 0 Å². The van der Waals surface area contributed by atoms with Crippen molar-refractivity contribution in [1.82, 2.24) is 0 Å². The third-order valence-corrected chi connectivity index (χ3v) is 2.91. The Labute approximate surface area is 97.3 Å². The van der Waals surface area contributed by atoms with Crippen LogP contribution in [0.2, 0.25) is 0 Å². The second-order valence-electron chi connectivity index (χ2n) is 4.41. The summed E-state index contributed by atoms with van der Waals surface area (Å²) in [5.41, 5.74) is 2.19. The van der Waals surface area contributed by atoms with Crippen molar-refractivity contribution in [1.29, 1.82) is 0 Å². The van der Waals surface area contributed by atoms with Gasteiger partial charge in [-0.25, -0.2) is 4.39 Å². The van der Waals surface area contributed by atoms with Gasteiger partial charge in [-0.2, -0.15) is 0 Å². The van der Waals surface area contributed by atoms with Gasteiger partial charge in [0.05, 0.1) is 6.10 Å². The van der Waals surface area contributed by atoms with E-state index in [1.807, 2.05) is 13.0 Å². The minimum Gasteiger partial charge on any atom is -0.393 e. The highest BCUT2D eigenvalue weighted by Gasteiger charge is 2.04. The van der Waals surface area contributed by atoms with Gasteiger partial charge in [-0.15, -0.1) is 0 Å². The lowest BCUT2D eigenvalue weighted by atomic mass is 10.0. The predicted octanol–water partition coefficient (Wildman–Crippen LogP) is 3.62. The molecule has 0 heterocycles. The molecule has 0 aliphatic heterocycles. The number of halogens is 1. The molecule has 0 radical (unpaired) electrons. The van der Waals surface area contributed by atoms with Crippen LogP contribution in [0.4, 0.5) is 4.39 Å². The Bertz CT molecular complexity index is 323. The highest BCUT2D eigenvalue weighted by molar-refractivity contribution is 5.26. The molecule has 0 aliphatic rings. The molecule has 0 aromatic heterocycles. The molecule has 1 rings (SSSR count). The first-order valence-electron chi connectivity index (χ1n) is 6.06. The van der Waals surface area contributed by atoms with Gasteiger partial charge in [0, 0.05) is 0 Å². The van der Waals surface area contributed by atoms with Crippen LogP contribution < -0.4 is 0 Å². The average molecular weight is 224 g/mol. The van der Waals surface area contributed by atoms with Crippen LogP contribution in [0.15, 0.2) is 18.2 Å². The Morgan fingerprint density at radius 2 is 2.06 bits per heavy atom. The van der Waals surface area contributed by atoms with Gasteiger partial charge < -0.3 is 5.11 Å². The van der Waals surface area contributed by atoms with Gasteiger partial charge in [-0.3, -0.25) is 0 Å². The Morgan fingerprint density at radius 1 is 1.31 bits per heavy atom. The van der Waals surface area contributed by atoms with Crippen LogP contribution in [0, 0.1) is 12.7 Å². The lowest BCUT2D eigenvalue weighted by Crippen LogP contribution is -2.06. The Kier molecular flexibility index (Phi) is 5.47. The quantitative estimate of drug-likeness (QED) is 0.782. The SMILES string of the molecule is CCCC(O)CCCc1ccc(F)cc1C. The molecule has 1 unspecified atom stereocenters. The van der Waals surface area contributed by atoms with Gasteiger partial charge in [0.25, 0.3) is 0 Å². The smallest absolute Gasteiger partial charge is 0.123 e. The Balaban J connectivity index is 2.37. The molecular formula is C14H21FO. The molecule has 1 N–H and O–H groups in total. The number of benzene rings is 1. The van der Waals surface area contributed by atoms with Gasteiger partial charge in [-0.1, -0.05) is 19.4 Å². The van der Waals surface area contributed by atoms with Crippen LogP contribution in [0.3, 0.4) is 0 Å². The normalized spacial score (nSPS) is 12.8. The van der Waals surface area contributed by atoms with E-state index in [1.54, 1.807) is 6.07 Å². The van der Waals surface area contributed by atoms with Crippen molar-refractivity contribution in [3.8, 4) is 0 Å². The summed E-state index contributed by atoms with van der Waals surface area (Å²) in [6.07, 6.45) is 4.45. The second-order valence-corrected chi connectivity index (χ2v) is 4.41. The van der Waals surface area contributed by atoms with E-state index in [9.17, 15) is 9.50 Å². The molecule has 0 fully saturated rings. The topological polar surface area (TPSA) is 20.2 Å². The fourth-order valence-corrected chi connectivity index (χ4v) is 1.95. The minimum absolute atomic E-state index is 0.174. The molecule has 1 atom stereocenters. The molecule has 0 saturated heterocycles. The number of aliphatic hydroxyl groups is 1. The summed E-state index contributed by atoms with van der Waals surface area (Å²) in [5, 5.41) is 9.58. The van der Waals surface area contributed by atoms with Gasteiger partial charge >= 0.3 is 0 Å². The van der Waals surface area contributed by atoms with E-state index in [0.717, 1.165) is 37.7 Å². The summed E-state index contributed by atoms with van der Waals surface area (Å²) in [6, 6.07) is 4.92. The molecular weight excluding hydrogens is 203 g/mol. The summed E-state index contributed by atoms with van der Waals surface area (Å²) in [5.74, 6) is -0.174. The maximum Gasteiger partial charge on any atom is 0.123 e. The molecule has 90 valence electrons. The van der Waals surface area contributed by atoms with Gasteiger partial charge in [-0.05, 0) is 55.9 Å². The Morgan fingerprint density at radius 3 is 2.69 bits per heavy atom. The summed E-state index contributed by atoms with van der Waals surface area (Å²) in [7, 11) is 0. The van der Waals surface area contributed by atoms with Crippen molar-refractivity contribution in [2.24, 2.45) is 0 Å². The van der Waals surface area contributed by atoms with E-state index < -0.39 is 0 Å². The van der Waals surface area contributed by atoms with E-state index in [2.05, 4.69) is 6.92 Å². The molecule has 2 heteroatoms. The van der Waals surface area contributed by atoms with E-state index in [1.165, 1.54) is 11.6 Å². The number of aryl methyl sites for hydroxylation is 2. The highest BCUT2D eigenvalue weighted by atomic mass is 19.1. The molecule has 16 heavy (non-hydrogen) atoms. The highest BCUT2D eigenvalue weighted by Crippen LogP contribution is 2.14. The Hall–Kier alpha value is -0.890. The lowest BCUT2D eigenvalue weighted by molar-refractivity contribution is 0.151. The lowest BCUT2D eigenvalue weighted by Gasteiger charge is -2.10. The number of hydrogen-bond donors (Lipinski definition) is 1. The standard InChI is InChI=1S/C14H21FO/c1-3-5-14(16)7-4-6-12-8-9-13(15)10-11(12)2/h8-10,14,16H,3-7H2,1-2H3. The minimum atomic E-state index is -0.175. The summed E-state index contributed by atoms with van der Waals surface area (Å²) in [6.45, 7) is 4.01. The summed E-state index contributed by atoms with van der Waals surface area (Å²) < 4.78 is 12.9. The van der Waals surface area contributed by atoms with Crippen molar-refractivity contribution in [3.05, 3.63) is 35.1 Å². The fourth-order valence-electron chi connectivity index (χ4n) is 1.95. The first kappa shape index (κ1) is 13.2. The number of hydrogen-bond acceptors (Lipinski definition) is 1. The molecule has 1 aromatic rings. The summed E-state index contributed by atoms with van der Waals surface area (Å²) in [4.78, 5) is 0. The van der Waals surface area contributed by atoms with E-state index >= 15 is 0 Å². The van der Waals surface area contributed by atoms with Crippen LogP contribution in [0.5, 0.6) is 0 Å². The molecule has 0 saturated carbocycles. The van der Waals surface area contributed by atoms with E-state index in [-0.39, 0.29) is 11.9 Å². The molecule has 1 nitrogen and oxygen atoms in total. The van der Waals surface area contributed by atoms with Crippen molar-refractivity contribution < 1.29 is 9.50 Å². The van der Waals surface area contributed by atoms with Gasteiger partial charge in [0.2, 0.25) is 0 Å². The second kappa shape index (κ2) is 6.64. The zero-order valence-corrected chi connectivity index (χ0v) is 10.2. The average Bonchev–Trinajstić information content (AvgIpc) is 2.22. The first-order valence-corrected chi connectivity index (χ1v) is 6.06. The monoisotopic (exact) mass is 224 g/mol. The van der Waals surface area contributed by atoms with Crippen LogP contribution in [-0.2, 0) is 6.42 Å². The van der Waals surface area contributed by atoms with Gasteiger partial charge in [0.1, 0.15) is 5.82 Å². The molecule has 0 amide bonds. The maximum absolute atomic E-state index is 12.9. The molecule has 0 bridgehead atoms. The van der Waals surface area contributed by atoms with Crippen molar-refractivity contribution in [2.45, 2.75) is 52.1 Å². The fraction of sp³-hybridized carbons (Fsp3) is 0.571. The van der Waals surface area contributed by atoms with E-state index in [4.69, 9.17) is 0 Å². The van der Waals surface area contributed by atoms with Crippen LogP contribution in [0.1, 0.15) is 43.7 Å². The van der Waals surface area contributed by atoms with Crippen LogP contribution in [-0.4, -0.2) is 11.2 Å². The van der Waals surface area contributed by atoms with Crippen LogP contribution in [0.25, 0.3) is 0 Å². The third kappa shape index (κ3) is 4.31. The predicted molar refractivity (Wildman–Crippen MR) is 65.0 cm³/mol.